The lowest BCUT2D eigenvalue weighted by molar-refractivity contribution is -0.127. The molecule has 2 fully saturated rings. The van der Waals surface area contributed by atoms with Gasteiger partial charge >= 0.3 is 0 Å². The maximum absolute atomic E-state index is 13.8. The van der Waals surface area contributed by atoms with E-state index < -0.39 is 70.6 Å². The molecule has 0 amide bonds. The molecule has 10 atom stereocenters. The van der Waals surface area contributed by atoms with Crippen molar-refractivity contribution in [1.82, 2.24) is 30.0 Å². The molecular weight excluding hydrogens is 709 g/mol. The number of rotatable bonds is 14. The van der Waals surface area contributed by atoms with E-state index in [1.165, 1.54) is 33.6 Å². The molecule has 2 aromatic carbocycles. The van der Waals surface area contributed by atoms with E-state index in [0.717, 1.165) is 0 Å². The van der Waals surface area contributed by atoms with E-state index in [1.807, 2.05) is 0 Å². The zero-order valence-corrected chi connectivity index (χ0v) is 29.8. The summed E-state index contributed by atoms with van der Waals surface area (Å²) in [6.45, 7) is 0.540. The molecule has 0 bridgehead atoms. The van der Waals surface area contributed by atoms with Crippen LogP contribution in [0.25, 0.3) is 11.4 Å². The predicted molar refractivity (Wildman–Crippen MR) is 189 cm³/mol. The van der Waals surface area contributed by atoms with Gasteiger partial charge in [0.25, 0.3) is 0 Å². The number of aliphatic hydroxyl groups excluding tert-OH is 4. The van der Waals surface area contributed by atoms with Crippen LogP contribution in [0.4, 0.5) is 0 Å². The first-order valence-electron chi connectivity index (χ1n) is 17.6. The summed E-state index contributed by atoms with van der Waals surface area (Å²) in [5.74, 6) is 0. The fourth-order valence-corrected chi connectivity index (χ4v) is 8.11. The first-order valence-corrected chi connectivity index (χ1v) is 19.1. The number of ether oxygens (including phenoxy) is 2. The Morgan fingerprint density at radius 2 is 1.06 bits per heavy atom. The molecule has 2 aliphatic rings. The van der Waals surface area contributed by atoms with Gasteiger partial charge in [0.1, 0.15) is 24.4 Å². The van der Waals surface area contributed by atoms with Gasteiger partial charge < -0.3 is 52.8 Å². The Hall–Kier alpha value is -3.73. The second kappa shape index (κ2) is 16.7. The Morgan fingerprint density at radius 3 is 1.47 bits per heavy atom. The fourth-order valence-electron chi connectivity index (χ4n) is 6.77. The van der Waals surface area contributed by atoms with Crippen molar-refractivity contribution in [2.45, 2.75) is 109 Å². The summed E-state index contributed by atoms with van der Waals surface area (Å²) in [4.78, 5) is 0.136. The Labute approximate surface area is 306 Å². The van der Waals surface area contributed by atoms with Gasteiger partial charge in [-0.05, 0) is 74.9 Å². The van der Waals surface area contributed by atoms with Crippen LogP contribution in [0.1, 0.15) is 37.1 Å². The van der Waals surface area contributed by atoms with Crippen molar-refractivity contribution in [3.63, 3.8) is 0 Å². The minimum atomic E-state index is -3.94. The number of hydrogen-bond acceptors (Lipinski definition) is 16. The van der Waals surface area contributed by atoms with Gasteiger partial charge in [0.05, 0.1) is 57.2 Å². The van der Waals surface area contributed by atoms with E-state index in [9.17, 15) is 28.8 Å². The topological polar surface area (TPSA) is 299 Å². The van der Waals surface area contributed by atoms with Crippen LogP contribution in [0, 0.1) is 0 Å². The molecule has 0 radical (unpaired) electrons. The summed E-state index contributed by atoms with van der Waals surface area (Å²) < 4.78 is 42.1. The maximum Gasteiger partial charge on any atom is 0.206 e. The van der Waals surface area contributed by atoms with Crippen LogP contribution < -0.4 is 22.9 Å². The number of aliphatic hydroxyl groups is 4. The minimum Gasteiger partial charge on any atom is -0.389 e. The highest BCUT2D eigenvalue weighted by molar-refractivity contribution is 7.91. The van der Waals surface area contributed by atoms with Crippen molar-refractivity contribution >= 4 is 9.84 Å². The number of nitrogens with two attached hydrogens (primary N) is 4. The Balaban J connectivity index is 1.03. The summed E-state index contributed by atoms with van der Waals surface area (Å²) in [6.07, 6.45) is 0.215. The second-order valence-electron chi connectivity index (χ2n) is 13.8. The summed E-state index contributed by atoms with van der Waals surface area (Å²) in [5, 5.41) is 57.5. The summed E-state index contributed by atoms with van der Waals surface area (Å²) in [7, 11) is -3.94. The summed E-state index contributed by atoms with van der Waals surface area (Å²) >= 11 is 0. The van der Waals surface area contributed by atoms with E-state index in [0.29, 0.717) is 61.3 Å². The molecule has 12 N–H and O–H groups in total. The number of aromatic nitrogens is 6. The second-order valence-corrected chi connectivity index (χ2v) is 15.7. The highest BCUT2D eigenvalue weighted by atomic mass is 32.2. The quantitative estimate of drug-likeness (QED) is 0.0638. The van der Waals surface area contributed by atoms with E-state index in [2.05, 4.69) is 20.6 Å². The number of hydrogen-bond donors (Lipinski definition) is 8. The normalized spacial score (nSPS) is 29.4. The van der Waals surface area contributed by atoms with Crippen LogP contribution in [-0.2, 0) is 32.2 Å². The number of nitrogens with zero attached hydrogens (tertiary/aromatic N) is 6. The number of sulfone groups is 1. The average molecular weight is 757 g/mol. The molecule has 2 aromatic heterocycles. The van der Waals surface area contributed by atoms with Crippen LogP contribution in [0.15, 0.2) is 70.7 Å². The Kier molecular flexibility index (Phi) is 12.3. The largest absolute Gasteiger partial charge is 0.389 e. The van der Waals surface area contributed by atoms with Gasteiger partial charge in [0.2, 0.25) is 9.84 Å². The SMILES string of the molecule is N[C@@H]1C[C@H](N)[C@@H](OCCCc2cn(-c3cccc(S(=O)(=O)c4cccc(-n5cc(CCCO[C@H]6[C@H](O)[C@@H](O)[C@H](N)C[C@@H]6N)nn5)c4)c3)nn2)[C@H](O)[C@H]1O. The van der Waals surface area contributed by atoms with Crippen molar-refractivity contribution in [2.24, 2.45) is 22.9 Å². The third-order valence-electron chi connectivity index (χ3n) is 9.82. The van der Waals surface area contributed by atoms with Gasteiger partial charge in [-0.25, -0.2) is 17.8 Å². The molecule has 0 unspecified atom stereocenters. The molecule has 19 heteroatoms. The zero-order chi connectivity index (χ0) is 37.9. The number of aryl methyl sites for hydroxylation is 2. The van der Waals surface area contributed by atoms with Crippen molar-refractivity contribution in [2.75, 3.05) is 13.2 Å². The highest BCUT2D eigenvalue weighted by Gasteiger charge is 2.42. The standard InChI is InChI=1S/C34H48N10O8S/c35-25-15-27(37)33(31(47)29(25)45)51-11-3-5-19-17-43(41-39-19)21-7-1-9-23(13-21)53(49,50)24-10-2-8-22(14-24)44-18-20(40-42-44)6-4-12-52-34-28(38)16-26(36)30(46)32(34)48/h1-2,7-10,13-14,17-18,25-34,45-48H,3-6,11-12,15-16,35-38H2/t25-,26-,27+,28+,29+,30+,31-,32-,33-,34-/m1/s1. The molecule has 0 saturated heterocycles. The lowest BCUT2D eigenvalue weighted by atomic mass is 9.85. The molecule has 53 heavy (non-hydrogen) atoms. The first-order chi connectivity index (χ1) is 25.3. The maximum atomic E-state index is 13.8. The molecule has 0 spiro atoms. The lowest BCUT2D eigenvalue weighted by Gasteiger charge is -2.39. The van der Waals surface area contributed by atoms with E-state index in [-0.39, 0.29) is 23.0 Å². The summed E-state index contributed by atoms with van der Waals surface area (Å²) in [5.41, 5.74) is 26.1. The van der Waals surface area contributed by atoms with Crippen LogP contribution in [0.5, 0.6) is 0 Å². The Morgan fingerprint density at radius 1 is 0.642 bits per heavy atom. The third-order valence-corrected chi connectivity index (χ3v) is 11.6. The van der Waals surface area contributed by atoms with Gasteiger partial charge in [0, 0.05) is 37.4 Å². The first kappa shape index (κ1) is 39.0. The van der Waals surface area contributed by atoms with E-state index in [4.69, 9.17) is 32.4 Å². The highest BCUT2D eigenvalue weighted by Crippen LogP contribution is 2.26. The molecular formula is C34H48N10O8S. The smallest absolute Gasteiger partial charge is 0.206 e. The lowest BCUT2D eigenvalue weighted by Crippen LogP contribution is -2.62. The van der Waals surface area contributed by atoms with Crippen LogP contribution in [-0.4, -0.2) is 133 Å². The van der Waals surface area contributed by atoms with Gasteiger partial charge in [-0.15, -0.1) is 10.2 Å². The monoisotopic (exact) mass is 756 g/mol. The fraction of sp³-hybridized carbons (Fsp3) is 0.529. The summed E-state index contributed by atoms with van der Waals surface area (Å²) in [6, 6.07) is 10.6. The van der Waals surface area contributed by atoms with Crippen molar-refractivity contribution < 1.29 is 38.3 Å². The molecule has 2 heterocycles. The zero-order valence-electron chi connectivity index (χ0n) is 29.0. The molecule has 18 nitrogen and oxygen atoms in total. The van der Waals surface area contributed by atoms with Gasteiger partial charge in [-0.3, -0.25) is 0 Å². The molecule has 6 rings (SSSR count). The van der Waals surface area contributed by atoms with Crippen LogP contribution in [0.2, 0.25) is 0 Å². The number of benzene rings is 2. The van der Waals surface area contributed by atoms with Gasteiger partial charge in [0.15, 0.2) is 0 Å². The van der Waals surface area contributed by atoms with Gasteiger partial charge in [-0.1, -0.05) is 22.6 Å². The Bertz CT molecular complexity index is 1800. The third kappa shape index (κ3) is 8.82. The molecule has 0 aliphatic heterocycles. The average Bonchev–Trinajstić information content (AvgIpc) is 3.83. The molecule has 4 aromatic rings. The van der Waals surface area contributed by atoms with E-state index >= 15 is 0 Å². The predicted octanol–water partition coefficient (Wildman–Crippen LogP) is -2.12. The minimum absolute atomic E-state index is 0.0680. The van der Waals surface area contributed by atoms with Crippen LogP contribution >= 0.6 is 0 Å². The van der Waals surface area contributed by atoms with Crippen molar-refractivity contribution in [3.8, 4) is 11.4 Å². The van der Waals surface area contributed by atoms with Crippen LogP contribution in [0.3, 0.4) is 0 Å². The van der Waals surface area contributed by atoms with Crippen molar-refractivity contribution in [1.29, 1.82) is 0 Å². The molecule has 288 valence electrons. The molecule has 2 saturated carbocycles. The van der Waals surface area contributed by atoms with E-state index in [1.54, 1.807) is 36.7 Å². The van der Waals surface area contributed by atoms with Crippen molar-refractivity contribution in [3.05, 3.63) is 72.3 Å². The van der Waals surface area contributed by atoms with Gasteiger partial charge in [-0.2, -0.15) is 0 Å². The molecule has 2 aliphatic carbocycles.